The Kier molecular flexibility index (Phi) is 8.09. The fraction of sp³-hybridized carbons (Fsp3) is 0.458. The normalized spacial score (nSPS) is 15.9. The molecule has 0 radical (unpaired) electrons. The van der Waals surface area contributed by atoms with E-state index in [0.717, 1.165) is 37.7 Å². The molecule has 3 rings (SSSR count). The third-order valence-electron chi connectivity index (χ3n) is 5.80. The predicted molar refractivity (Wildman–Crippen MR) is 123 cm³/mol. The lowest BCUT2D eigenvalue weighted by atomic mass is 9.96. The predicted octanol–water partition coefficient (Wildman–Crippen LogP) is 4.83. The van der Waals surface area contributed by atoms with Gasteiger partial charge in [0.2, 0.25) is 10.0 Å². The van der Waals surface area contributed by atoms with Crippen molar-refractivity contribution < 1.29 is 17.9 Å². The van der Waals surface area contributed by atoms with Crippen LogP contribution in [0.2, 0.25) is 0 Å². The smallest absolute Gasteiger partial charge is 0.262 e. The van der Waals surface area contributed by atoms with Gasteiger partial charge in [0.05, 0.1) is 4.90 Å². The van der Waals surface area contributed by atoms with E-state index < -0.39 is 10.0 Å². The molecule has 6 nitrogen and oxygen atoms in total. The summed E-state index contributed by atoms with van der Waals surface area (Å²) < 4.78 is 33.7. The minimum absolute atomic E-state index is 0.00795. The summed E-state index contributed by atoms with van der Waals surface area (Å²) in [5.74, 6) is 0.757. The molecular weight excluding hydrogens is 412 g/mol. The van der Waals surface area contributed by atoms with Gasteiger partial charge < -0.3 is 10.1 Å². The second-order valence-corrected chi connectivity index (χ2v) is 9.88. The molecule has 7 heteroatoms. The average Bonchev–Trinajstić information content (AvgIpc) is 2.78. The monoisotopic (exact) mass is 444 g/mol. The summed E-state index contributed by atoms with van der Waals surface area (Å²) in [7, 11) is -3.55. The summed E-state index contributed by atoms with van der Waals surface area (Å²) in [6.45, 7) is 4.13. The van der Waals surface area contributed by atoms with E-state index in [1.165, 1.54) is 18.6 Å². The van der Waals surface area contributed by atoms with Crippen LogP contribution in [0.3, 0.4) is 0 Å². The van der Waals surface area contributed by atoms with Gasteiger partial charge >= 0.3 is 0 Å². The molecular formula is C24H32N2O4S. The second-order valence-electron chi connectivity index (χ2n) is 8.16. The van der Waals surface area contributed by atoms with Crippen molar-refractivity contribution in [2.75, 3.05) is 11.9 Å². The maximum Gasteiger partial charge on any atom is 0.262 e. The first kappa shape index (κ1) is 23.3. The highest BCUT2D eigenvalue weighted by atomic mass is 32.2. The van der Waals surface area contributed by atoms with Gasteiger partial charge in [0, 0.05) is 11.7 Å². The van der Waals surface area contributed by atoms with Crippen LogP contribution < -0.4 is 14.8 Å². The van der Waals surface area contributed by atoms with Crippen molar-refractivity contribution in [1.29, 1.82) is 0 Å². The van der Waals surface area contributed by atoms with Gasteiger partial charge in [-0.25, -0.2) is 13.1 Å². The van der Waals surface area contributed by atoms with Crippen molar-refractivity contribution in [2.45, 2.75) is 69.2 Å². The molecule has 168 valence electrons. The molecule has 1 fully saturated rings. The van der Waals surface area contributed by atoms with Crippen LogP contribution in [0.5, 0.6) is 5.75 Å². The molecule has 2 N–H and O–H groups in total. The van der Waals surface area contributed by atoms with E-state index in [2.05, 4.69) is 23.9 Å². The molecule has 1 saturated carbocycles. The molecule has 1 unspecified atom stereocenters. The first-order valence-corrected chi connectivity index (χ1v) is 12.5. The van der Waals surface area contributed by atoms with Crippen molar-refractivity contribution in [2.24, 2.45) is 0 Å². The fourth-order valence-corrected chi connectivity index (χ4v) is 5.11. The topological polar surface area (TPSA) is 84.5 Å². The van der Waals surface area contributed by atoms with Crippen LogP contribution in [0.25, 0.3) is 0 Å². The number of rotatable bonds is 9. The SMILES string of the molecule is CCC(C)c1ccccc1OCC(=O)Nc1ccc(S(=O)(=O)NC2CCCCC2)cc1. The molecule has 1 atom stereocenters. The van der Waals surface area contributed by atoms with E-state index in [-0.39, 0.29) is 23.5 Å². The summed E-state index contributed by atoms with van der Waals surface area (Å²) in [5.41, 5.74) is 1.61. The number of nitrogens with one attached hydrogen (secondary N) is 2. The molecule has 0 bridgehead atoms. The van der Waals surface area contributed by atoms with E-state index in [4.69, 9.17) is 4.74 Å². The lowest BCUT2D eigenvalue weighted by Crippen LogP contribution is -2.36. The molecule has 31 heavy (non-hydrogen) atoms. The highest BCUT2D eigenvalue weighted by Crippen LogP contribution is 2.28. The molecule has 2 aromatic carbocycles. The van der Waals surface area contributed by atoms with Gasteiger partial charge in [-0.3, -0.25) is 4.79 Å². The van der Waals surface area contributed by atoms with Gasteiger partial charge in [-0.1, -0.05) is 51.3 Å². The van der Waals surface area contributed by atoms with Gasteiger partial charge in [0.25, 0.3) is 5.91 Å². The minimum atomic E-state index is -3.55. The first-order valence-electron chi connectivity index (χ1n) is 11.0. The Morgan fingerprint density at radius 2 is 1.74 bits per heavy atom. The zero-order valence-corrected chi connectivity index (χ0v) is 19.1. The molecule has 0 aliphatic heterocycles. The number of sulfonamides is 1. The number of carbonyl (C=O) groups excluding carboxylic acids is 1. The lowest BCUT2D eigenvalue weighted by Gasteiger charge is -2.22. The van der Waals surface area contributed by atoms with Crippen molar-refractivity contribution in [3.05, 3.63) is 54.1 Å². The van der Waals surface area contributed by atoms with E-state index >= 15 is 0 Å². The van der Waals surface area contributed by atoms with Crippen molar-refractivity contribution in [1.82, 2.24) is 4.72 Å². The third-order valence-corrected chi connectivity index (χ3v) is 7.33. The summed E-state index contributed by atoms with van der Waals surface area (Å²) in [4.78, 5) is 12.5. The number of para-hydroxylation sites is 1. The number of carbonyl (C=O) groups is 1. The molecule has 1 amide bonds. The van der Waals surface area contributed by atoms with Crippen molar-refractivity contribution in [3.63, 3.8) is 0 Å². The zero-order chi connectivity index (χ0) is 22.3. The van der Waals surface area contributed by atoms with Gasteiger partial charge in [0.1, 0.15) is 5.75 Å². The Balaban J connectivity index is 1.55. The Morgan fingerprint density at radius 1 is 1.06 bits per heavy atom. The second kappa shape index (κ2) is 10.8. The van der Waals surface area contributed by atoms with Gasteiger partial charge in [-0.2, -0.15) is 0 Å². The Labute approximate surface area is 185 Å². The number of hydrogen-bond donors (Lipinski definition) is 2. The van der Waals surface area contributed by atoms with Gasteiger partial charge in [-0.15, -0.1) is 0 Å². The molecule has 0 saturated heterocycles. The molecule has 0 heterocycles. The van der Waals surface area contributed by atoms with Crippen molar-refractivity contribution >= 4 is 21.6 Å². The van der Waals surface area contributed by atoms with Crippen LogP contribution in [-0.4, -0.2) is 27.0 Å². The van der Waals surface area contributed by atoms with E-state index in [0.29, 0.717) is 17.4 Å². The minimum Gasteiger partial charge on any atom is -0.483 e. The maximum atomic E-state index is 12.6. The number of benzene rings is 2. The number of ether oxygens (including phenoxy) is 1. The van der Waals surface area contributed by atoms with E-state index in [1.807, 2.05) is 24.3 Å². The highest BCUT2D eigenvalue weighted by molar-refractivity contribution is 7.89. The standard InChI is InChI=1S/C24H32N2O4S/c1-3-18(2)22-11-7-8-12-23(22)30-17-24(27)25-19-13-15-21(16-14-19)31(28,29)26-20-9-5-4-6-10-20/h7-8,11-16,18,20,26H,3-6,9-10,17H2,1-2H3,(H,25,27). The maximum absolute atomic E-state index is 12.6. The summed E-state index contributed by atoms with van der Waals surface area (Å²) >= 11 is 0. The fourth-order valence-electron chi connectivity index (χ4n) is 3.80. The zero-order valence-electron chi connectivity index (χ0n) is 18.3. The van der Waals surface area contributed by atoms with E-state index in [9.17, 15) is 13.2 Å². The quantitative estimate of drug-likeness (QED) is 0.580. The Hall–Kier alpha value is -2.38. The lowest BCUT2D eigenvalue weighted by molar-refractivity contribution is -0.118. The number of anilines is 1. The van der Waals surface area contributed by atoms with Gasteiger partial charge in [-0.05, 0) is 61.1 Å². The van der Waals surface area contributed by atoms with E-state index in [1.54, 1.807) is 12.1 Å². The van der Waals surface area contributed by atoms with Gasteiger partial charge in [0.15, 0.2) is 6.61 Å². The summed E-state index contributed by atoms with van der Waals surface area (Å²) in [6, 6.07) is 14.0. The average molecular weight is 445 g/mol. The first-order chi connectivity index (χ1) is 14.9. The largest absolute Gasteiger partial charge is 0.483 e. The van der Waals surface area contributed by atoms with Crippen LogP contribution in [0, 0.1) is 0 Å². The number of hydrogen-bond acceptors (Lipinski definition) is 4. The molecule has 1 aliphatic carbocycles. The summed E-state index contributed by atoms with van der Waals surface area (Å²) in [6.07, 6.45) is 6.03. The van der Waals surface area contributed by atoms with Crippen LogP contribution in [-0.2, 0) is 14.8 Å². The third kappa shape index (κ3) is 6.55. The van der Waals surface area contributed by atoms with Crippen LogP contribution in [0.1, 0.15) is 63.9 Å². The van der Waals surface area contributed by atoms with Crippen LogP contribution in [0.4, 0.5) is 5.69 Å². The van der Waals surface area contributed by atoms with Crippen LogP contribution >= 0.6 is 0 Å². The highest BCUT2D eigenvalue weighted by Gasteiger charge is 2.21. The van der Waals surface area contributed by atoms with Crippen molar-refractivity contribution in [3.8, 4) is 5.75 Å². The molecule has 1 aliphatic rings. The molecule has 2 aromatic rings. The Morgan fingerprint density at radius 3 is 2.42 bits per heavy atom. The van der Waals surface area contributed by atoms with Crippen LogP contribution in [0.15, 0.2) is 53.4 Å². The molecule has 0 spiro atoms. The summed E-state index contributed by atoms with van der Waals surface area (Å²) in [5, 5.41) is 2.76. The Bertz CT molecular complexity index is 967. The molecule has 0 aromatic heterocycles. The number of amides is 1.